The molecule has 2 rings (SSSR count). The normalized spacial score (nSPS) is 14.0. The molecule has 1 saturated carbocycles. The van der Waals surface area contributed by atoms with Crippen LogP contribution in [0.15, 0.2) is 18.2 Å². The topological polar surface area (TPSA) is 64.3 Å². The van der Waals surface area contributed by atoms with E-state index >= 15 is 0 Å². The number of benzene rings is 1. The summed E-state index contributed by atoms with van der Waals surface area (Å²) in [5.74, 6) is -1.33. The summed E-state index contributed by atoms with van der Waals surface area (Å²) in [7, 11) is 0. The van der Waals surface area contributed by atoms with Crippen molar-refractivity contribution in [2.24, 2.45) is 0 Å². The van der Waals surface area contributed by atoms with Crippen LogP contribution >= 0.6 is 0 Å². The first-order valence-electron chi connectivity index (χ1n) is 5.80. The average Bonchev–Trinajstić information content (AvgIpc) is 3.15. The number of hydrogen-bond acceptors (Lipinski definition) is 3. The van der Waals surface area contributed by atoms with Gasteiger partial charge in [0.15, 0.2) is 0 Å². The summed E-state index contributed by atoms with van der Waals surface area (Å²) in [5.41, 5.74) is 0.884. The van der Waals surface area contributed by atoms with Gasteiger partial charge in [0.25, 0.3) is 0 Å². The Kier molecular flexibility index (Phi) is 3.47. The summed E-state index contributed by atoms with van der Waals surface area (Å²) in [4.78, 5) is 12.5. The van der Waals surface area contributed by atoms with Crippen LogP contribution in [0.4, 0.5) is 10.1 Å². The predicted molar refractivity (Wildman–Crippen MR) is 63.7 cm³/mol. The lowest BCUT2D eigenvalue weighted by molar-refractivity contribution is -0.136. The van der Waals surface area contributed by atoms with Crippen molar-refractivity contribution in [3.05, 3.63) is 29.6 Å². The Morgan fingerprint density at radius 2 is 2.28 bits per heavy atom. The van der Waals surface area contributed by atoms with E-state index in [0.717, 1.165) is 12.8 Å². The van der Waals surface area contributed by atoms with E-state index in [1.54, 1.807) is 6.07 Å². The summed E-state index contributed by atoms with van der Waals surface area (Å²) < 4.78 is 13.1. The zero-order chi connectivity index (χ0) is 13.1. The molecule has 0 saturated heterocycles. The highest BCUT2D eigenvalue weighted by molar-refractivity contribution is 5.68. The van der Waals surface area contributed by atoms with Crippen molar-refractivity contribution < 1.29 is 14.3 Å². The number of hydrogen-bond donors (Lipinski definition) is 1. The van der Waals surface area contributed by atoms with Crippen LogP contribution in [0.2, 0.25) is 0 Å². The van der Waals surface area contributed by atoms with Gasteiger partial charge in [-0.2, -0.15) is 5.26 Å². The van der Waals surface area contributed by atoms with E-state index in [2.05, 4.69) is 0 Å². The summed E-state index contributed by atoms with van der Waals surface area (Å²) in [5, 5.41) is 17.7. The largest absolute Gasteiger partial charge is 0.481 e. The van der Waals surface area contributed by atoms with Crippen molar-refractivity contribution >= 4 is 11.7 Å². The van der Waals surface area contributed by atoms with Crippen molar-refractivity contribution in [3.8, 4) is 6.07 Å². The number of anilines is 1. The Morgan fingerprint density at radius 3 is 2.83 bits per heavy atom. The minimum absolute atomic E-state index is 0.0126. The standard InChI is InChI=1S/C13H13FN2O2/c14-10-1-4-12(9(7-10)8-15)16(11-2-3-11)6-5-13(17)18/h1,4,7,11H,2-3,5-6H2,(H,17,18). The lowest BCUT2D eigenvalue weighted by Crippen LogP contribution is -2.29. The summed E-state index contributed by atoms with van der Waals surface area (Å²) in [6.07, 6.45) is 1.99. The molecule has 5 heteroatoms. The van der Waals surface area contributed by atoms with Gasteiger partial charge in [-0.25, -0.2) is 4.39 Å². The van der Waals surface area contributed by atoms with Crippen LogP contribution in [0.5, 0.6) is 0 Å². The molecule has 0 aromatic heterocycles. The number of carboxylic acid groups (broad SMARTS) is 1. The Balaban J connectivity index is 2.25. The molecule has 0 atom stereocenters. The van der Waals surface area contributed by atoms with Crippen molar-refractivity contribution in [1.29, 1.82) is 5.26 Å². The molecule has 94 valence electrons. The molecule has 4 nitrogen and oxygen atoms in total. The number of carboxylic acids is 1. The minimum atomic E-state index is -0.874. The van der Waals surface area contributed by atoms with Gasteiger partial charge in [0, 0.05) is 12.6 Å². The second-order valence-electron chi connectivity index (χ2n) is 4.34. The van der Waals surface area contributed by atoms with Crippen LogP contribution in [-0.2, 0) is 4.79 Å². The van der Waals surface area contributed by atoms with E-state index in [1.807, 2.05) is 11.0 Å². The van der Waals surface area contributed by atoms with Gasteiger partial charge in [-0.3, -0.25) is 4.79 Å². The number of rotatable bonds is 5. The monoisotopic (exact) mass is 248 g/mol. The molecule has 1 N–H and O–H groups in total. The van der Waals surface area contributed by atoms with E-state index < -0.39 is 11.8 Å². The molecule has 0 spiro atoms. The third-order valence-corrected chi connectivity index (χ3v) is 2.94. The van der Waals surface area contributed by atoms with Crippen LogP contribution in [-0.4, -0.2) is 23.7 Å². The molecule has 0 heterocycles. The van der Waals surface area contributed by atoms with Gasteiger partial charge in [0.05, 0.1) is 17.7 Å². The number of aliphatic carboxylic acids is 1. The molecule has 0 bridgehead atoms. The van der Waals surface area contributed by atoms with Gasteiger partial charge in [-0.05, 0) is 31.0 Å². The maximum Gasteiger partial charge on any atom is 0.305 e. The Bertz CT molecular complexity index is 506. The summed E-state index contributed by atoms with van der Waals surface area (Å²) >= 11 is 0. The highest BCUT2D eigenvalue weighted by atomic mass is 19.1. The number of nitriles is 1. The Morgan fingerprint density at radius 1 is 1.56 bits per heavy atom. The molecule has 1 fully saturated rings. The minimum Gasteiger partial charge on any atom is -0.481 e. The van der Waals surface area contributed by atoms with Crippen LogP contribution in [0, 0.1) is 17.1 Å². The molecule has 0 radical (unpaired) electrons. The van der Waals surface area contributed by atoms with Gasteiger partial charge in [0.1, 0.15) is 11.9 Å². The van der Waals surface area contributed by atoms with Gasteiger partial charge >= 0.3 is 5.97 Å². The first-order valence-corrected chi connectivity index (χ1v) is 5.80. The molecule has 0 amide bonds. The lowest BCUT2D eigenvalue weighted by atomic mass is 10.1. The van der Waals surface area contributed by atoms with Crippen LogP contribution in [0.25, 0.3) is 0 Å². The Hall–Kier alpha value is -2.09. The smallest absolute Gasteiger partial charge is 0.305 e. The van der Waals surface area contributed by atoms with E-state index in [4.69, 9.17) is 10.4 Å². The van der Waals surface area contributed by atoms with Gasteiger partial charge in [-0.15, -0.1) is 0 Å². The summed E-state index contributed by atoms with van der Waals surface area (Å²) in [6.45, 7) is 0.348. The molecular formula is C13H13FN2O2. The summed E-state index contributed by atoms with van der Waals surface area (Å²) in [6, 6.07) is 6.27. The van der Waals surface area contributed by atoms with Gasteiger partial charge in [0.2, 0.25) is 0 Å². The van der Waals surface area contributed by atoms with E-state index in [0.29, 0.717) is 12.2 Å². The molecule has 0 unspecified atom stereocenters. The van der Waals surface area contributed by atoms with Crippen molar-refractivity contribution in [2.45, 2.75) is 25.3 Å². The number of carbonyl (C=O) groups is 1. The second kappa shape index (κ2) is 5.05. The fourth-order valence-corrected chi connectivity index (χ4v) is 1.95. The third-order valence-electron chi connectivity index (χ3n) is 2.94. The van der Waals surface area contributed by atoms with Crippen LogP contribution < -0.4 is 4.90 Å². The molecule has 1 aromatic rings. The number of halogens is 1. The van der Waals surface area contributed by atoms with E-state index in [1.165, 1.54) is 12.1 Å². The second-order valence-corrected chi connectivity index (χ2v) is 4.34. The SMILES string of the molecule is N#Cc1cc(F)ccc1N(CCC(=O)O)C1CC1. The lowest BCUT2D eigenvalue weighted by Gasteiger charge is -2.24. The zero-order valence-electron chi connectivity index (χ0n) is 9.77. The molecule has 1 aromatic carbocycles. The fraction of sp³-hybridized carbons (Fsp3) is 0.385. The highest BCUT2D eigenvalue weighted by Gasteiger charge is 2.30. The van der Waals surface area contributed by atoms with Crippen molar-refractivity contribution in [3.63, 3.8) is 0 Å². The molecule has 1 aliphatic rings. The zero-order valence-corrected chi connectivity index (χ0v) is 9.77. The highest BCUT2D eigenvalue weighted by Crippen LogP contribution is 2.33. The molecular weight excluding hydrogens is 235 g/mol. The quantitative estimate of drug-likeness (QED) is 0.867. The van der Waals surface area contributed by atoms with E-state index in [9.17, 15) is 9.18 Å². The first kappa shape index (κ1) is 12.4. The van der Waals surface area contributed by atoms with Crippen molar-refractivity contribution in [1.82, 2.24) is 0 Å². The van der Waals surface area contributed by atoms with Crippen molar-refractivity contribution in [2.75, 3.05) is 11.4 Å². The third kappa shape index (κ3) is 2.77. The molecule has 1 aliphatic carbocycles. The molecule has 18 heavy (non-hydrogen) atoms. The first-order chi connectivity index (χ1) is 8.61. The maximum absolute atomic E-state index is 13.1. The van der Waals surface area contributed by atoms with Crippen LogP contribution in [0.3, 0.4) is 0 Å². The van der Waals surface area contributed by atoms with Gasteiger partial charge in [-0.1, -0.05) is 0 Å². The van der Waals surface area contributed by atoms with Gasteiger partial charge < -0.3 is 10.0 Å². The Labute approximate surface area is 104 Å². The van der Waals surface area contributed by atoms with E-state index in [-0.39, 0.29) is 18.0 Å². The average molecular weight is 248 g/mol. The fourth-order valence-electron chi connectivity index (χ4n) is 1.95. The number of nitrogens with zero attached hydrogens (tertiary/aromatic N) is 2. The van der Waals surface area contributed by atoms with Crippen LogP contribution in [0.1, 0.15) is 24.8 Å². The predicted octanol–water partition coefficient (Wildman–Crippen LogP) is 2.14. The maximum atomic E-state index is 13.1. The molecule has 0 aliphatic heterocycles.